The number of rotatable bonds is 5. The van der Waals surface area contributed by atoms with E-state index in [9.17, 15) is 0 Å². The fourth-order valence-electron chi connectivity index (χ4n) is 1.19. The van der Waals surface area contributed by atoms with Crippen LogP contribution >= 0.6 is 27.2 Å². The summed E-state index contributed by atoms with van der Waals surface area (Å²) in [6.07, 6.45) is 7.59. The molecule has 2 atom stereocenters. The fraction of sp³-hybridized carbons (Fsp3) is 0.800. The highest BCUT2D eigenvalue weighted by molar-refractivity contribution is 9.01. The second kappa shape index (κ2) is 5.85. The zero-order chi connectivity index (χ0) is 11.4. The van der Waals surface area contributed by atoms with Crippen LogP contribution < -0.4 is 0 Å². The van der Waals surface area contributed by atoms with Gasteiger partial charge >= 0.3 is 0 Å². The van der Waals surface area contributed by atoms with E-state index in [1.165, 1.54) is 0 Å². The predicted molar refractivity (Wildman–Crippen MR) is 80.9 cm³/mol. The van der Waals surface area contributed by atoms with E-state index < -0.39 is 4.44 Å². The Hall–Kier alpha value is 0.910. The second-order valence-electron chi connectivity index (χ2n) is 3.91. The van der Waals surface area contributed by atoms with Crippen LogP contribution in [0, 0.1) is 12.3 Å². The van der Waals surface area contributed by atoms with Crippen LogP contribution in [0.5, 0.6) is 0 Å². The van der Waals surface area contributed by atoms with Crippen molar-refractivity contribution in [3.8, 4) is 12.3 Å². The first-order valence-electron chi connectivity index (χ1n) is 4.85. The van der Waals surface area contributed by atoms with E-state index >= 15 is 0 Å². The third-order valence-electron chi connectivity index (χ3n) is 2.59. The van der Waals surface area contributed by atoms with Crippen molar-refractivity contribution in [2.75, 3.05) is 11.9 Å². The van der Waals surface area contributed by atoms with Crippen molar-refractivity contribution in [2.24, 2.45) is 0 Å². The first kappa shape index (κ1) is 14.9. The summed E-state index contributed by atoms with van der Waals surface area (Å²) in [4.78, 5) is 0. The van der Waals surface area contributed by atoms with Crippen LogP contribution in [0.2, 0.25) is 0 Å². The monoisotopic (exact) mass is 268 g/mol. The fourth-order valence-corrected chi connectivity index (χ4v) is 13.7. The Kier molecular flexibility index (Phi) is 6.23. The molecule has 0 N–H and O–H groups in total. The Balaban J connectivity index is 4.97. The summed E-state index contributed by atoms with van der Waals surface area (Å²) in [5.74, 6) is 3.63. The summed E-state index contributed by atoms with van der Waals surface area (Å²) in [6.45, 7) is 8.92. The third kappa shape index (κ3) is 3.81. The standard InChI is InChI=1S/C10H21PS3/c1-6-9-14(10(4,5)7-2)11(12,13)8-3/h1,14H,7-9H2,2-5H3,(H,12,13). The average Bonchev–Trinajstić information content (AvgIpc) is 2.13. The van der Waals surface area contributed by atoms with Gasteiger partial charge in [0, 0.05) is 10.2 Å². The quantitative estimate of drug-likeness (QED) is 0.430. The van der Waals surface area contributed by atoms with E-state index in [0.29, 0.717) is 0 Å². The smallest absolute Gasteiger partial charge is 0.0414 e. The van der Waals surface area contributed by atoms with E-state index in [-0.39, 0.29) is 15.3 Å². The molecule has 14 heavy (non-hydrogen) atoms. The number of terminal acetylenes is 1. The van der Waals surface area contributed by atoms with Gasteiger partial charge in [-0.2, -0.15) is 0 Å². The lowest BCUT2D eigenvalue weighted by Crippen LogP contribution is -2.19. The highest BCUT2D eigenvalue weighted by Crippen LogP contribution is 2.77. The van der Waals surface area contributed by atoms with Gasteiger partial charge < -0.3 is 0 Å². The minimum Gasteiger partial charge on any atom is -0.200 e. The maximum Gasteiger partial charge on any atom is 0.0414 e. The molecule has 0 aromatic heterocycles. The van der Waals surface area contributed by atoms with Crippen LogP contribution in [0.3, 0.4) is 0 Å². The van der Waals surface area contributed by atoms with E-state index in [0.717, 1.165) is 18.3 Å². The molecule has 0 bridgehead atoms. The Morgan fingerprint density at radius 3 is 2.29 bits per heavy atom. The molecule has 0 aromatic carbocycles. The normalized spacial score (nSPS) is 19.6. The SMILES string of the molecule is C#CC[SH](C(C)(C)CC)P(=S)(S)CC. The minimum absolute atomic E-state index is 0.287. The zero-order valence-corrected chi connectivity index (χ0v) is 12.9. The largest absolute Gasteiger partial charge is 0.200 e. The van der Waals surface area contributed by atoms with Crippen molar-refractivity contribution in [3.05, 3.63) is 0 Å². The highest BCUT2D eigenvalue weighted by Gasteiger charge is 2.31. The molecule has 0 fully saturated rings. The molecule has 0 rings (SSSR count). The molecule has 0 aromatic rings. The molecule has 0 heterocycles. The van der Waals surface area contributed by atoms with Crippen LogP contribution in [-0.4, -0.2) is 16.7 Å². The molecule has 0 aliphatic carbocycles. The molecule has 0 amide bonds. The van der Waals surface area contributed by atoms with Crippen molar-refractivity contribution in [1.29, 1.82) is 0 Å². The summed E-state index contributed by atoms with van der Waals surface area (Å²) in [7, 11) is -0.293. The first-order chi connectivity index (χ1) is 6.31. The van der Waals surface area contributed by atoms with Gasteiger partial charge in [0.25, 0.3) is 0 Å². The molecule has 0 aliphatic heterocycles. The van der Waals surface area contributed by atoms with Gasteiger partial charge in [-0.25, -0.2) is 10.5 Å². The van der Waals surface area contributed by atoms with Crippen molar-refractivity contribution < 1.29 is 0 Å². The molecule has 0 aliphatic rings. The average molecular weight is 268 g/mol. The molecule has 4 heteroatoms. The maximum atomic E-state index is 5.65. The lowest BCUT2D eigenvalue weighted by molar-refractivity contribution is 0.684. The predicted octanol–water partition coefficient (Wildman–Crippen LogP) is 4.07. The molecular weight excluding hydrogens is 247 g/mol. The Morgan fingerprint density at radius 1 is 1.50 bits per heavy atom. The van der Waals surface area contributed by atoms with Crippen molar-refractivity contribution in [2.45, 2.75) is 38.9 Å². The van der Waals surface area contributed by atoms with Gasteiger partial charge in [-0.1, -0.05) is 45.4 Å². The lowest BCUT2D eigenvalue weighted by atomic mass is 10.1. The van der Waals surface area contributed by atoms with Crippen LogP contribution in [0.15, 0.2) is 0 Å². The Labute approximate surface area is 102 Å². The Bertz CT molecular complexity index is 265. The van der Waals surface area contributed by atoms with E-state index in [2.05, 4.69) is 33.6 Å². The molecule has 0 spiro atoms. The molecule has 84 valence electrons. The van der Waals surface area contributed by atoms with Crippen LogP contribution in [-0.2, 0) is 11.8 Å². The molecule has 0 saturated heterocycles. The van der Waals surface area contributed by atoms with E-state index in [1.807, 2.05) is 0 Å². The summed E-state index contributed by atoms with van der Waals surface area (Å²) >= 11 is 10.4. The summed E-state index contributed by atoms with van der Waals surface area (Å²) in [5, 5.41) is 0. The maximum absolute atomic E-state index is 5.65. The van der Waals surface area contributed by atoms with Gasteiger partial charge in [0.1, 0.15) is 0 Å². The van der Waals surface area contributed by atoms with Crippen LogP contribution in [0.1, 0.15) is 34.1 Å². The minimum atomic E-state index is -1.49. The second-order valence-corrected chi connectivity index (χ2v) is 18.2. The number of hydrogen-bond acceptors (Lipinski definition) is 1. The topological polar surface area (TPSA) is 0 Å². The van der Waals surface area contributed by atoms with Crippen molar-refractivity contribution in [3.63, 3.8) is 0 Å². The number of hydrogen-bond donors (Lipinski definition) is 2. The summed E-state index contributed by atoms with van der Waals surface area (Å²) < 4.78 is -1.20. The first-order valence-corrected chi connectivity index (χ1v) is 11.2. The van der Waals surface area contributed by atoms with E-state index in [4.69, 9.17) is 30.5 Å². The van der Waals surface area contributed by atoms with Gasteiger partial charge in [0.05, 0.1) is 0 Å². The van der Waals surface area contributed by atoms with Gasteiger partial charge in [0.15, 0.2) is 0 Å². The molecule has 0 saturated carbocycles. The molecule has 0 radical (unpaired) electrons. The summed E-state index contributed by atoms with van der Waals surface area (Å²) in [5.41, 5.74) is 0. The van der Waals surface area contributed by atoms with Crippen molar-refractivity contribution in [1.82, 2.24) is 0 Å². The van der Waals surface area contributed by atoms with Crippen LogP contribution in [0.4, 0.5) is 0 Å². The molecule has 0 nitrogen and oxygen atoms in total. The summed E-state index contributed by atoms with van der Waals surface area (Å²) in [6, 6.07) is 0. The molecular formula is C10H21PS3. The third-order valence-corrected chi connectivity index (χ3v) is 16.9. The zero-order valence-electron chi connectivity index (χ0n) is 9.45. The highest BCUT2D eigenvalue weighted by atomic mass is 33.2. The van der Waals surface area contributed by atoms with Gasteiger partial charge in [0.2, 0.25) is 0 Å². The van der Waals surface area contributed by atoms with Crippen LogP contribution in [0.25, 0.3) is 0 Å². The van der Waals surface area contributed by atoms with Crippen molar-refractivity contribution >= 4 is 39.0 Å². The van der Waals surface area contributed by atoms with Gasteiger partial charge in [-0.15, -0.1) is 18.7 Å². The Morgan fingerprint density at radius 2 is 2.00 bits per heavy atom. The lowest BCUT2D eigenvalue weighted by Gasteiger charge is -2.42. The molecule has 2 unspecified atom stereocenters. The number of thiol groups is 2. The van der Waals surface area contributed by atoms with Gasteiger partial charge in [-0.3, -0.25) is 0 Å². The van der Waals surface area contributed by atoms with Gasteiger partial charge in [-0.05, 0) is 17.3 Å². The van der Waals surface area contributed by atoms with E-state index in [1.54, 1.807) is 0 Å².